The molecule has 1 aromatic carbocycles. The van der Waals surface area contributed by atoms with Crippen molar-refractivity contribution in [2.24, 2.45) is 5.73 Å². The van der Waals surface area contributed by atoms with Crippen LogP contribution in [0.5, 0.6) is 0 Å². The number of hydrogen-bond donors (Lipinski definition) is 1. The summed E-state index contributed by atoms with van der Waals surface area (Å²) in [6.07, 6.45) is 0.284. The van der Waals surface area contributed by atoms with Crippen molar-refractivity contribution in [2.75, 3.05) is 0 Å². The van der Waals surface area contributed by atoms with Gasteiger partial charge >= 0.3 is 0 Å². The van der Waals surface area contributed by atoms with Crippen molar-refractivity contribution in [2.45, 2.75) is 11.2 Å². The summed E-state index contributed by atoms with van der Waals surface area (Å²) >= 11 is 8.89. The van der Waals surface area contributed by atoms with E-state index in [-0.39, 0.29) is 12.2 Å². The van der Waals surface area contributed by atoms with Crippen molar-refractivity contribution in [1.82, 2.24) is 0 Å². The third-order valence-corrected chi connectivity index (χ3v) is 2.86. The van der Waals surface area contributed by atoms with Gasteiger partial charge in [-0.2, -0.15) is 0 Å². The zero-order valence-electron chi connectivity index (χ0n) is 7.14. The average Bonchev–Trinajstić information content (AvgIpc) is 2.11. The molecule has 1 atom stereocenters. The van der Waals surface area contributed by atoms with Crippen molar-refractivity contribution in [3.8, 4) is 0 Å². The lowest BCUT2D eigenvalue weighted by Crippen LogP contribution is -2.25. The number of carbonyl (C=O) groups excluding carboxylic acids is 1. The largest absolute Gasteiger partial charge is 0.369 e. The van der Waals surface area contributed by atoms with Gasteiger partial charge in [-0.3, -0.25) is 4.79 Å². The number of carbonyl (C=O) groups is 1. The van der Waals surface area contributed by atoms with Gasteiger partial charge in [-0.25, -0.2) is 4.39 Å². The fourth-order valence-corrected chi connectivity index (χ4v) is 1.54. The molecule has 1 unspecified atom stereocenters. The minimum Gasteiger partial charge on any atom is -0.369 e. The Balaban J connectivity index is 2.85. The number of alkyl halides is 1. The maximum atomic E-state index is 12.8. The smallest absolute Gasteiger partial charge is 0.231 e. The number of hydrogen-bond acceptors (Lipinski definition) is 1. The third-order valence-electron chi connectivity index (χ3n) is 1.72. The molecule has 0 aliphatic rings. The highest BCUT2D eigenvalue weighted by Gasteiger charge is 2.13. The Morgan fingerprint density at radius 3 is 2.86 bits per heavy atom. The first-order chi connectivity index (χ1) is 6.50. The molecule has 0 fully saturated rings. The summed E-state index contributed by atoms with van der Waals surface area (Å²) in [7, 11) is 0. The van der Waals surface area contributed by atoms with E-state index in [1.54, 1.807) is 0 Å². The maximum Gasteiger partial charge on any atom is 0.231 e. The highest BCUT2D eigenvalue weighted by atomic mass is 79.9. The molecule has 5 heteroatoms. The maximum absolute atomic E-state index is 12.8. The van der Waals surface area contributed by atoms with E-state index in [0.29, 0.717) is 10.6 Å². The van der Waals surface area contributed by atoms with Crippen LogP contribution in [-0.2, 0) is 11.2 Å². The Labute approximate surface area is 94.4 Å². The second-order valence-electron chi connectivity index (χ2n) is 2.81. The lowest BCUT2D eigenvalue weighted by atomic mass is 10.1. The van der Waals surface area contributed by atoms with Gasteiger partial charge < -0.3 is 5.73 Å². The van der Waals surface area contributed by atoms with E-state index in [4.69, 9.17) is 17.3 Å². The zero-order chi connectivity index (χ0) is 10.7. The summed E-state index contributed by atoms with van der Waals surface area (Å²) in [5.74, 6) is -0.876. The quantitative estimate of drug-likeness (QED) is 0.848. The van der Waals surface area contributed by atoms with Gasteiger partial charge in [0.05, 0.1) is 4.83 Å². The molecular formula is C9H8BrClFNO. The Hall–Kier alpha value is -0.610. The van der Waals surface area contributed by atoms with Gasteiger partial charge in [-0.1, -0.05) is 27.5 Å². The number of nitrogens with two attached hydrogens (primary N) is 1. The fraction of sp³-hybridized carbons (Fsp3) is 0.222. The fourth-order valence-electron chi connectivity index (χ4n) is 0.993. The molecule has 14 heavy (non-hydrogen) atoms. The summed E-state index contributed by atoms with van der Waals surface area (Å²) in [6.45, 7) is 0. The molecule has 0 spiro atoms. The number of primary amides is 1. The summed E-state index contributed by atoms with van der Waals surface area (Å²) in [5.41, 5.74) is 5.61. The molecule has 0 saturated heterocycles. The summed E-state index contributed by atoms with van der Waals surface area (Å²) in [4.78, 5) is 10.2. The summed E-state index contributed by atoms with van der Waals surface area (Å²) in [5, 5.41) is 0.428. The molecule has 0 aliphatic carbocycles. The zero-order valence-corrected chi connectivity index (χ0v) is 9.48. The molecule has 0 heterocycles. The molecule has 0 aromatic heterocycles. The molecule has 0 aliphatic heterocycles. The Morgan fingerprint density at radius 1 is 1.64 bits per heavy atom. The van der Waals surface area contributed by atoms with Crippen molar-refractivity contribution in [1.29, 1.82) is 0 Å². The van der Waals surface area contributed by atoms with E-state index >= 15 is 0 Å². The van der Waals surface area contributed by atoms with Crippen molar-refractivity contribution in [3.05, 3.63) is 34.6 Å². The summed E-state index contributed by atoms with van der Waals surface area (Å²) < 4.78 is 12.8. The molecule has 1 amide bonds. The van der Waals surface area contributed by atoms with Crippen LogP contribution in [0, 0.1) is 5.82 Å². The van der Waals surface area contributed by atoms with Crippen LogP contribution in [0.25, 0.3) is 0 Å². The van der Waals surface area contributed by atoms with Gasteiger partial charge in [0.25, 0.3) is 0 Å². The van der Waals surface area contributed by atoms with Crippen LogP contribution in [0.15, 0.2) is 18.2 Å². The van der Waals surface area contributed by atoms with Gasteiger partial charge in [0.1, 0.15) is 5.82 Å². The second-order valence-corrected chi connectivity index (χ2v) is 4.32. The van der Waals surface area contributed by atoms with Crippen LogP contribution in [0.2, 0.25) is 5.02 Å². The van der Waals surface area contributed by atoms with Gasteiger partial charge in [0, 0.05) is 5.02 Å². The SMILES string of the molecule is NC(=O)C(Br)Cc1cc(F)ccc1Cl. The minimum absolute atomic E-state index is 0.284. The Bertz CT molecular complexity index is 359. The van der Waals surface area contributed by atoms with Crippen LogP contribution in [-0.4, -0.2) is 10.7 Å². The predicted octanol–water partition coefficient (Wildman–Crippen LogP) is 2.27. The summed E-state index contributed by atoms with van der Waals surface area (Å²) in [6, 6.07) is 4.01. The molecule has 0 saturated carbocycles. The van der Waals surface area contributed by atoms with E-state index in [1.165, 1.54) is 18.2 Å². The highest BCUT2D eigenvalue weighted by molar-refractivity contribution is 9.10. The number of amides is 1. The van der Waals surface area contributed by atoms with Crippen LogP contribution in [0.1, 0.15) is 5.56 Å². The number of rotatable bonds is 3. The van der Waals surface area contributed by atoms with Crippen LogP contribution in [0.3, 0.4) is 0 Å². The van der Waals surface area contributed by atoms with Gasteiger partial charge in [-0.05, 0) is 30.2 Å². The van der Waals surface area contributed by atoms with Crippen molar-refractivity contribution < 1.29 is 9.18 Å². The van der Waals surface area contributed by atoms with Gasteiger partial charge in [0.2, 0.25) is 5.91 Å². The molecular weight excluding hydrogens is 272 g/mol. The van der Waals surface area contributed by atoms with E-state index < -0.39 is 10.7 Å². The average molecular weight is 281 g/mol. The Kier molecular flexibility index (Phi) is 3.89. The van der Waals surface area contributed by atoms with E-state index in [2.05, 4.69) is 15.9 Å². The topological polar surface area (TPSA) is 43.1 Å². The standard InChI is InChI=1S/C9H8BrClFNO/c10-7(9(13)14)4-5-3-6(12)1-2-8(5)11/h1-3,7H,4H2,(H2,13,14). The molecule has 1 aromatic rings. The third kappa shape index (κ3) is 2.96. The lowest BCUT2D eigenvalue weighted by Gasteiger charge is -2.07. The first-order valence-electron chi connectivity index (χ1n) is 3.88. The van der Waals surface area contributed by atoms with Crippen molar-refractivity contribution >= 4 is 33.4 Å². The first kappa shape index (κ1) is 11.5. The van der Waals surface area contributed by atoms with Gasteiger partial charge in [0.15, 0.2) is 0 Å². The number of benzene rings is 1. The first-order valence-corrected chi connectivity index (χ1v) is 5.17. The van der Waals surface area contributed by atoms with E-state index in [9.17, 15) is 9.18 Å². The molecule has 1 rings (SSSR count). The molecule has 2 nitrogen and oxygen atoms in total. The van der Waals surface area contributed by atoms with Crippen LogP contribution < -0.4 is 5.73 Å². The highest BCUT2D eigenvalue weighted by Crippen LogP contribution is 2.20. The van der Waals surface area contributed by atoms with Crippen molar-refractivity contribution in [3.63, 3.8) is 0 Å². The van der Waals surface area contributed by atoms with Crippen LogP contribution in [0.4, 0.5) is 4.39 Å². The van der Waals surface area contributed by atoms with Gasteiger partial charge in [-0.15, -0.1) is 0 Å². The molecule has 0 bridgehead atoms. The molecule has 2 N–H and O–H groups in total. The predicted molar refractivity (Wildman–Crippen MR) is 57.0 cm³/mol. The normalized spacial score (nSPS) is 12.5. The molecule has 76 valence electrons. The second kappa shape index (κ2) is 4.75. The lowest BCUT2D eigenvalue weighted by molar-refractivity contribution is -0.117. The monoisotopic (exact) mass is 279 g/mol. The van der Waals surface area contributed by atoms with E-state index in [1.807, 2.05) is 0 Å². The molecule has 0 radical (unpaired) electrons. The Morgan fingerprint density at radius 2 is 2.29 bits per heavy atom. The minimum atomic E-state index is -0.526. The number of halogens is 3. The van der Waals surface area contributed by atoms with Crippen LogP contribution >= 0.6 is 27.5 Å². The van der Waals surface area contributed by atoms with E-state index in [0.717, 1.165) is 0 Å².